The third-order valence-corrected chi connectivity index (χ3v) is 3.44. The lowest BCUT2D eigenvalue weighted by Crippen LogP contribution is -2.40. The quantitative estimate of drug-likeness (QED) is 0.909. The van der Waals surface area contributed by atoms with Crippen LogP contribution in [-0.2, 0) is 19.8 Å². The summed E-state index contributed by atoms with van der Waals surface area (Å²) in [5, 5.41) is 9.34. The molecule has 0 aliphatic heterocycles. The highest BCUT2D eigenvalue weighted by Gasteiger charge is 2.35. The van der Waals surface area contributed by atoms with E-state index in [1.54, 1.807) is 0 Å². The molecule has 1 aromatic heterocycles. The van der Waals surface area contributed by atoms with Crippen molar-refractivity contribution in [2.75, 3.05) is 0 Å². The molecule has 118 valence electrons. The van der Waals surface area contributed by atoms with Crippen LogP contribution in [0.15, 0.2) is 33.9 Å². The van der Waals surface area contributed by atoms with Crippen LogP contribution >= 0.6 is 11.6 Å². The zero-order chi connectivity index (χ0) is 16.7. The summed E-state index contributed by atoms with van der Waals surface area (Å²) in [6, 6.07) is 4.25. The third-order valence-electron chi connectivity index (χ3n) is 3.07. The van der Waals surface area contributed by atoms with Gasteiger partial charge in [0.05, 0.1) is 12.3 Å². The van der Waals surface area contributed by atoms with Crippen molar-refractivity contribution in [1.82, 2.24) is 9.13 Å². The molecule has 2 aromatic rings. The molecule has 1 N–H and O–H groups in total. The van der Waals surface area contributed by atoms with Gasteiger partial charge in [-0.05, 0) is 23.8 Å². The summed E-state index contributed by atoms with van der Waals surface area (Å²) in [6.07, 6.45) is -4.82. The van der Waals surface area contributed by atoms with Gasteiger partial charge in [0.2, 0.25) is 0 Å². The molecule has 0 saturated heterocycles. The molecule has 0 atom stereocenters. The average Bonchev–Trinajstić information content (AvgIpc) is 2.43. The lowest BCUT2D eigenvalue weighted by atomic mass is 10.2. The molecule has 0 radical (unpaired) electrons. The molecular formula is C13H10ClF3N2O3. The van der Waals surface area contributed by atoms with Gasteiger partial charge in [-0.25, -0.2) is 9.36 Å². The van der Waals surface area contributed by atoms with E-state index in [-0.39, 0.29) is 16.3 Å². The highest BCUT2D eigenvalue weighted by atomic mass is 35.5. The number of aliphatic hydroxyl groups is 1. The molecule has 0 aliphatic carbocycles. The van der Waals surface area contributed by atoms with Crippen molar-refractivity contribution in [3.63, 3.8) is 0 Å². The van der Waals surface area contributed by atoms with Crippen molar-refractivity contribution in [3.8, 4) is 5.69 Å². The molecule has 0 aliphatic rings. The predicted molar refractivity (Wildman–Crippen MR) is 73.2 cm³/mol. The topological polar surface area (TPSA) is 64.2 Å². The highest BCUT2D eigenvalue weighted by molar-refractivity contribution is 6.31. The number of aliphatic hydroxyl groups excluding tert-OH is 1. The Morgan fingerprint density at radius 2 is 1.86 bits per heavy atom. The summed E-state index contributed by atoms with van der Waals surface area (Å²) in [5.74, 6) is 0. The maximum Gasteiger partial charge on any atom is 0.431 e. The Morgan fingerprint density at radius 3 is 2.41 bits per heavy atom. The molecular weight excluding hydrogens is 325 g/mol. The molecule has 9 heteroatoms. The highest BCUT2D eigenvalue weighted by Crippen LogP contribution is 2.27. The van der Waals surface area contributed by atoms with Crippen molar-refractivity contribution < 1.29 is 18.3 Å². The largest absolute Gasteiger partial charge is 0.431 e. The summed E-state index contributed by atoms with van der Waals surface area (Å²) in [5.41, 5.74) is -3.34. The maximum atomic E-state index is 12.8. The van der Waals surface area contributed by atoms with Crippen LogP contribution in [0.25, 0.3) is 5.69 Å². The van der Waals surface area contributed by atoms with Crippen molar-refractivity contribution in [2.24, 2.45) is 7.05 Å². The normalized spacial score (nSPS) is 11.7. The SMILES string of the molecule is Cn1c(C(F)(F)F)cc(=O)n(-c2ccc(Cl)c(CO)c2)c1=O. The van der Waals surface area contributed by atoms with E-state index in [9.17, 15) is 22.8 Å². The summed E-state index contributed by atoms with van der Waals surface area (Å²) < 4.78 is 39.2. The van der Waals surface area contributed by atoms with E-state index >= 15 is 0 Å². The van der Waals surface area contributed by atoms with E-state index in [1.807, 2.05) is 0 Å². The van der Waals surface area contributed by atoms with Gasteiger partial charge in [0.15, 0.2) is 0 Å². The van der Waals surface area contributed by atoms with Crippen LogP contribution < -0.4 is 11.2 Å². The van der Waals surface area contributed by atoms with Crippen LogP contribution in [0, 0.1) is 0 Å². The Balaban J connectivity index is 2.76. The van der Waals surface area contributed by atoms with E-state index < -0.39 is 29.7 Å². The molecule has 0 fully saturated rings. The summed E-state index contributed by atoms with van der Waals surface area (Å²) >= 11 is 5.80. The fraction of sp³-hybridized carbons (Fsp3) is 0.231. The van der Waals surface area contributed by atoms with Crippen LogP contribution in [0.1, 0.15) is 11.3 Å². The van der Waals surface area contributed by atoms with E-state index in [0.717, 1.165) is 7.05 Å². The predicted octanol–water partition coefficient (Wildman–Crippen LogP) is 1.70. The number of aromatic nitrogens is 2. The molecule has 0 bridgehead atoms. The standard InChI is InChI=1S/C13H10ClF3N2O3/c1-18-10(13(15,16)17)5-11(21)19(12(18)22)8-2-3-9(14)7(4-8)6-20/h2-5,20H,6H2,1H3. The van der Waals surface area contributed by atoms with E-state index in [0.29, 0.717) is 15.2 Å². The number of alkyl halides is 3. The van der Waals surface area contributed by atoms with Crippen LogP contribution in [0.5, 0.6) is 0 Å². The second kappa shape index (κ2) is 5.62. The Labute approximate surface area is 126 Å². The first-order valence-electron chi connectivity index (χ1n) is 5.96. The van der Waals surface area contributed by atoms with Gasteiger partial charge in [-0.1, -0.05) is 11.6 Å². The molecule has 2 rings (SSSR count). The van der Waals surface area contributed by atoms with Gasteiger partial charge < -0.3 is 5.11 Å². The molecule has 5 nitrogen and oxygen atoms in total. The van der Waals surface area contributed by atoms with Gasteiger partial charge in [-0.3, -0.25) is 9.36 Å². The van der Waals surface area contributed by atoms with E-state index in [4.69, 9.17) is 16.7 Å². The van der Waals surface area contributed by atoms with Crippen molar-refractivity contribution in [1.29, 1.82) is 0 Å². The van der Waals surface area contributed by atoms with Crippen molar-refractivity contribution in [2.45, 2.75) is 12.8 Å². The molecule has 0 saturated carbocycles. The first kappa shape index (κ1) is 16.3. The maximum absolute atomic E-state index is 12.8. The summed E-state index contributed by atoms with van der Waals surface area (Å²) in [4.78, 5) is 24.0. The molecule has 0 amide bonds. The minimum Gasteiger partial charge on any atom is -0.392 e. The number of rotatable bonds is 2. The number of benzene rings is 1. The lowest BCUT2D eigenvalue weighted by Gasteiger charge is -2.14. The van der Waals surface area contributed by atoms with Gasteiger partial charge in [0, 0.05) is 18.1 Å². The molecule has 0 unspecified atom stereocenters. The second-order valence-electron chi connectivity index (χ2n) is 4.48. The zero-order valence-corrected chi connectivity index (χ0v) is 11.9. The Hall–Kier alpha value is -2.06. The van der Waals surface area contributed by atoms with Crippen LogP contribution in [0.3, 0.4) is 0 Å². The fourth-order valence-electron chi connectivity index (χ4n) is 1.96. The third kappa shape index (κ3) is 2.79. The average molecular weight is 335 g/mol. The first-order chi connectivity index (χ1) is 10.2. The van der Waals surface area contributed by atoms with Crippen LogP contribution in [0.2, 0.25) is 5.02 Å². The Kier molecular flexibility index (Phi) is 4.17. The van der Waals surface area contributed by atoms with Crippen molar-refractivity contribution in [3.05, 3.63) is 61.4 Å². The minimum atomic E-state index is -4.82. The number of hydrogen-bond acceptors (Lipinski definition) is 3. The van der Waals surface area contributed by atoms with Crippen LogP contribution in [0.4, 0.5) is 13.2 Å². The van der Waals surface area contributed by atoms with Gasteiger partial charge in [0.25, 0.3) is 5.56 Å². The minimum absolute atomic E-state index is 0.0211. The number of nitrogens with zero attached hydrogens (tertiary/aromatic N) is 2. The van der Waals surface area contributed by atoms with E-state index in [2.05, 4.69) is 0 Å². The summed E-state index contributed by atoms with van der Waals surface area (Å²) in [6.45, 7) is -0.442. The Bertz CT molecular complexity index is 840. The van der Waals surface area contributed by atoms with E-state index in [1.165, 1.54) is 18.2 Å². The Morgan fingerprint density at radius 1 is 1.23 bits per heavy atom. The first-order valence-corrected chi connectivity index (χ1v) is 6.34. The van der Waals surface area contributed by atoms with Crippen molar-refractivity contribution >= 4 is 11.6 Å². The lowest BCUT2D eigenvalue weighted by molar-refractivity contribution is -0.144. The van der Waals surface area contributed by atoms with Gasteiger partial charge in [-0.15, -0.1) is 0 Å². The number of halogens is 4. The van der Waals surface area contributed by atoms with Gasteiger partial charge >= 0.3 is 11.9 Å². The molecule has 1 heterocycles. The second-order valence-corrected chi connectivity index (χ2v) is 4.88. The smallest absolute Gasteiger partial charge is 0.392 e. The zero-order valence-electron chi connectivity index (χ0n) is 11.2. The number of hydrogen-bond donors (Lipinski definition) is 1. The summed E-state index contributed by atoms with van der Waals surface area (Å²) in [7, 11) is 0.921. The fourth-order valence-corrected chi connectivity index (χ4v) is 2.13. The molecule has 22 heavy (non-hydrogen) atoms. The van der Waals surface area contributed by atoms with Crippen LogP contribution in [-0.4, -0.2) is 14.2 Å². The monoisotopic (exact) mass is 334 g/mol. The molecule has 0 spiro atoms. The van der Waals surface area contributed by atoms with Gasteiger partial charge in [0.1, 0.15) is 5.69 Å². The van der Waals surface area contributed by atoms with Gasteiger partial charge in [-0.2, -0.15) is 13.2 Å². The molecule has 1 aromatic carbocycles.